The van der Waals surface area contributed by atoms with Crippen molar-refractivity contribution in [3.63, 3.8) is 0 Å². The molecule has 4 aromatic rings. The number of pyridine rings is 1. The number of nitrogens with one attached hydrogen (secondary N) is 3. The zero-order valence-corrected chi connectivity index (χ0v) is 21.4. The predicted octanol–water partition coefficient (Wildman–Crippen LogP) is 4.36. The minimum Gasteiger partial charge on any atom is -0.358 e. The molecule has 6 rings (SSSR count). The van der Waals surface area contributed by atoms with Crippen LogP contribution in [0, 0.1) is 13.8 Å². The van der Waals surface area contributed by atoms with Gasteiger partial charge in [0.05, 0.1) is 16.8 Å². The first-order valence-corrected chi connectivity index (χ1v) is 13.1. The van der Waals surface area contributed by atoms with E-state index >= 15 is 0 Å². The summed E-state index contributed by atoms with van der Waals surface area (Å²) in [5, 5.41) is 9.16. The van der Waals surface area contributed by atoms with Gasteiger partial charge in [-0.05, 0) is 49.8 Å². The fraction of sp³-hybridized carbons (Fsp3) is 0.214. The number of benzene rings is 1. The van der Waals surface area contributed by atoms with Gasteiger partial charge in [0.15, 0.2) is 0 Å². The molecule has 1 aromatic carbocycles. The van der Waals surface area contributed by atoms with Gasteiger partial charge < -0.3 is 20.5 Å². The standard InChI is InChI=1S/C28H26N6O2S/c1-16-23(31-17(2)25(16)28(36)34-10-8-29-9-11-34)13-21-20-12-18(5-6-22(20)32-26(21)35)24-15-37-27(33-24)19-4-3-7-30-14-19/h3-7,12-15,29,31H,8-11H2,1-2H3,(H,32,35)/b21-13-. The molecular formula is C28H26N6O2S. The molecule has 186 valence electrons. The molecule has 5 heterocycles. The number of thiazole rings is 1. The average molecular weight is 511 g/mol. The molecule has 2 aliphatic rings. The third-order valence-electron chi connectivity index (χ3n) is 6.89. The smallest absolute Gasteiger partial charge is 0.256 e. The van der Waals surface area contributed by atoms with Gasteiger partial charge in [-0.1, -0.05) is 6.07 Å². The zero-order valence-electron chi connectivity index (χ0n) is 20.6. The largest absolute Gasteiger partial charge is 0.358 e. The number of aromatic nitrogens is 3. The number of aryl methyl sites for hydroxylation is 1. The van der Waals surface area contributed by atoms with Gasteiger partial charge in [-0.15, -0.1) is 11.3 Å². The molecule has 0 atom stereocenters. The molecule has 0 saturated carbocycles. The van der Waals surface area contributed by atoms with Crippen molar-refractivity contribution in [2.45, 2.75) is 13.8 Å². The summed E-state index contributed by atoms with van der Waals surface area (Å²) in [7, 11) is 0. The van der Waals surface area contributed by atoms with Gasteiger partial charge in [0.25, 0.3) is 11.8 Å². The summed E-state index contributed by atoms with van der Waals surface area (Å²) in [5.74, 6) is -0.132. The number of amides is 2. The van der Waals surface area contributed by atoms with Crippen LogP contribution in [0.15, 0.2) is 48.1 Å². The van der Waals surface area contributed by atoms with Crippen LogP contribution in [0.3, 0.4) is 0 Å². The molecule has 0 spiro atoms. The van der Waals surface area contributed by atoms with Gasteiger partial charge in [0, 0.05) is 77.7 Å². The lowest BCUT2D eigenvalue weighted by molar-refractivity contribution is -0.110. The number of nitrogens with zero attached hydrogens (tertiary/aromatic N) is 3. The lowest BCUT2D eigenvalue weighted by Crippen LogP contribution is -2.46. The number of fused-ring (bicyclic) bond motifs is 1. The first-order valence-electron chi connectivity index (χ1n) is 12.2. The van der Waals surface area contributed by atoms with Crippen LogP contribution >= 0.6 is 11.3 Å². The van der Waals surface area contributed by atoms with E-state index in [-0.39, 0.29) is 11.8 Å². The van der Waals surface area contributed by atoms with Crippen LogP contribution in [-0.2, 0) is 4.79 Å². The Kier molecular flexibility index (Phi) is 5.94. The summed E-state index contributed by atoms with van der Waals surface area (Å²) in [4.78, 5) is 40.4. The van der Waals surface area contributed by atoms with E-state index in [0.717, 1.165) is 63.1 Å². The Hall–Kier alpha value is -4.08. The van der Waals surface area contributed by atoms with E-state index in [1.165, 1.54) is 0 Å². The summed E-state index contributed by atoms with van der Waals surface area (Å²) >= 11 is 1.56. The normalized spacial score (nSPS) is 16.2. The van der Waals surface area contributed by atoms with Crippen LogP contribution in [0.5, 0.6) is 0 Å². The monoisotopic (exact) mass is 510 g/mol. The van der Waals surface area contributed by atoms with E-state index in [1.807, 2.05) is 60.5 Å². The minimum absolute atomic E-state index is 0.0314. The van der Waals surface area contributed by atoms with Gasteiger partial charge in [-0.2, -0.15) is 0 Å². The molecule has 8 nitrogen and oxygen atoms in total. The van der Waals surface area contributed by atoms with Gasteiger partial charge in [-0.25, -0.2) is 4.98 Å². The predicted molar refractivity (Wildman–Crippen MR) is 146 cm³/mol. The number of aromatic amines is 1. The second-order valence-electron chi connectivity index (χ2n) is 9.26. The number of piperazine rings is 1. The third-order valence-corrected chi connectivity index (χ3v) is 7.79. The van der Waals surface area contributed by atoms with Crippen LogP contribution in [0.4, 0.5) is 5.69 Å². The van der Waals surface area contributed by atoms with Gasteiger partial charge >= 0.3 is 0 Å². The topological polar surface area (TPSA) is 103 Å². The Morgan fingerprint density at radius 1 is 1.14 bits per heavy atom. The Bertz CT molecular complexity index is 1550. The highest BCUT2D eigenvalue weighted by atomic mass is 32.1. The average Bonchev–Trinajstić information content (AvgIpc) is 3.61. The number of carbonyl (C=O) groups excluding carboxylic acids is 2. The molecule has 1 fully saturated rings. The maximum atomic E-state index is 13.2. The summed E-state index contributed by atoms with van der Waals surface area (Å²) in [6.07, 6.45) is 5.40. The number of hydrogen-bond donors (Lipinski definition) is 3. The molecule has 37 heavy (non-hydrogen) atoms. The maximum absolute atomic E-state index is 13.2. The molecule has 0 bridgehead atoms. The van der Waals surface area contributed by atoms with Crippen molar-refractivity contribution < 1.29 is 9.59 Å². The number of carbonyl (C=O) groups is 2. The van der Waals surface area contributed by atoms with Crippen LogP contribution in [0.2, 0.25) is 0 Å². The highest BCUT2D eigenvalue weighted by Gasteiger charge is 2.28. The summed E-state index contributed by atoms with van der Waals surface area (Å²) in [5.41, 5.74) is 8.02. The molecule has 0 unspecified atom stereocenters. The van der Waals surface area contributed by atoms with Crippen molar-refractivity contribution in [3.8, 4) is 21.8 Å². The molecule has 3 N–H and O–H groups in total. The molecule has 2 aliphatic heterocycles. The molecular weight excluding hydrogens is 484 g/mol. The summed E-state index contributed by atoms with van der Waals surface area (Å²) < 4.78 is 0. The number of hydrogen-bond acceptors (Lipinski definition) is 6. The third kappa shape index (κ3) is 4.26. The summed E-state index contributed by atoms with van der Waals surface area (Å²) in [6, 6.07) is 9.77. The second kappa shape index (κ2) is 9.42. The number of anilines is 1. The van der Waals surface area contributed by atoms with Gasteiger partial charge in [0.2, 0.25) is 0 Å². The second-order valence-corrected chi connectivity index (χ2v) is 10.1. The molecule has 0 radical (unpaired) electrons. The quantitative estimate of drug-likeness (QED) is 0.354. The first-order chi connectivity index (χ1) is 18.0. The van der Waals surface area contributed by atoms with Crippen molar-refractivity contribution in [3.05, 3.63) is 76.2 Å². The highest BCUT2D eigenvalue weighted by molar-refractivity contribution is 7.13. The lowest BCUT2D eigenvalue weighted by atomic mass is 10.0. The van der Waals surface area contributed by atoms with Gasteiger partial charge in [-0.3, -0.25) is 14.6 Å². The Balaban J connectivity index is 1.34. The SMILES string of the molecule is Cc1[nH]c(/C=C2\C(=O)Nc3ccc(-c4csc(-c5cccnc5)n4)cc32)c(C)c1C(=O)N1CCNCC1. The van der Waals surface area contributed by atoms with E-state index in [9.17, 15) is 9.59 Å². The number of H-pyrrole nitrogens is 1. The maximum Gasteiger partial charge on any atom is 0.256 e. The van der Waals surface area contributed by atoms with E-state index in [1.54, 1.807) is 23.7 Å². The molecule has 1 saturated heterocycles. The van der Waals surface area contributed by atoms with Crippen molar-refractivity contribution in [1.29, 1.82) is 0 Å². The van der Waals surface area contributed by atoms with E-state index in [0.29, 0.717) is 24.2 Å². The molecule has 2 amide bonds. The van der Waals surface area contributed by atoms with E-state index in [2.05, 4.69) is 20.6 Å². The van der Waals surface area contributed by atoms with Crippen LogP contribution < -0.4 is 10.6 Å². The summed E-state index contributed by atoms with van der Waals surface area (Å²) in [6.45, 7) is 6.83. The fourth-order valence-electron chi connectivity index (χ4n) is 4.93. The van der Waals surface area contributed by atoms with Crippen LogP contribution in [0.25, 0.3) is 33.5 Å². The molecule has 9 heteroatoms. The van der Waals surface area contributed by atoms with E-state index in [4.69, 9.17) is 4.98 Å². The van der Waals surface area contributed by atoms with Crippen LogP contribution in [-0.4, -0.2) is 57.8 Å². The van der Waals surface area contributed by atoms with Crippen molar-refractivity contribution >= 4 is 40.5 Å². The Labute approximate surface area is 218 Å². The first kappa shape index (κ1) is 23.3. The Morgan fingerprint density at radius 2 is 1.97 bits per heavy atom. The fourth-order valence-corrected chi connectivity index (χ4v) is 5.75. The number of rotatable bonds is 4. The van der Waals surface area contributed by atoms with Crippen molar-refractivity contribution in [1.82, 2.24) is 25.2 Å². The van der Waals surface area contributed by atoms with E-state index < -0.39 is 0 Å². The molecule has 0 aliphatic carbocycles. The van der Waals surface area contributed by atoms with Crippen molar-refractivity contribution in [2.75, 3.05) is 31.5 Å². The highest BCUT2D eigenvalue weighted by Crippen LogP contribution is 2.38. The molecule has 3 aromatic heterocycles. The van der Waals surface area contributed by atoms with Gasteiger partial charge in [0.1, 0.15) is 5.01 Å². The van der Waals surface area contributed by atoms with Crippen LogP contribution in [0.1, 0.15) is 32.9 Å². The minimum atomic E-state index is -0.164. The lowest BCUT2D eigenvalue weighted by Gasteiger charge is -2.27. The Morgan fingerprint density at radius 3 is 2.76 bits per heavy atom. The van der Waals surface area contributed by atoms with Crippen molar-refractivity contribution in [2.24, 2.45) is 0 Å². The zero-order chi connectivity index (χ0) is 25.5.